The van der Waals surface area contributed by atoms with Crippen LogP contribution in [0.5, 0.6) is 11.5 Å². The number of hydrogen-bond acceptors (Lipinski definition) is 6. The van der Waals surface area contributed by atoms with Gasteiger partial charge in [0.25, 0.3) is 0 Å². The fourth-order valence-electron chi connectivity index (χ4n) is 4.65. The van der Waals surface area contributed by atoms with Gasteiger partial charge in [-0.05, 0) is 59.7 Å². The van der Waals surface area contributed by atoms with E-state index < -0.39 is 0 Å². The number of nitrogens with zero attached hydrogens (tertiary/aromatic N) is 3. The summed E-state index contributed by atoms with van der Waals surface area (Å²) in [6, 6.07) is 27.9. The van der Waals surface area contributed by atoms with Crippen LogP contribution in [0.2, 0.25) is 0 Å². The number of amides is 1. The zero-order valence-electron chi connectivity index (χ0n) is 22.9. The Bertz CT molecular complexity index is 1590. The van der Waals surface area contributed by atoms with Crippen LogP contribution >= 0.6 is 11.8 Å². The molecule has 0 saturated heterocycles. The maximum atomic E-state index is 13.1. The third-order valence-electron chi connectivity index (χ3n) is 6.73. The molecule has 0 aliphatic rings. The first-order valence-electron chi connectivity index (χ1n) is 13.3. The third kappa shape index (κ3) is 5.97. The van der Waals surface area contributed by atoms with E-state index in [1.807, 2.05) is 65.2 Å². The van der Waals surface area contributed by atoms with Crippen molar-refractivity contribution >= 4 is 34.1 Å². The summed E-state index contributed by atoms with van der Waals surface area (Å²) in [7, 11) is 1.64. The number of benzene rings is 4. The number of thioether (sulfide) groups is 1. The molecule has 0 spiro atoms. The van der Waals surface area contributed by atoms with Gasteiger partial charge in [0.1, 0.15) is 18.1 Å². The standard InChI is InChI=1S/C32H32N4O3S/c1-4-22-11-8-12-23(5-2)31(22)33-30(37)21-40-32-35-34-29(36(32)25-16-18-26(38-3)19-17-25)20-39-28-15-9-13-24-10-6-7-14-27(24)28/h6-19H,4-5,20-21H2,1-3H3,(H,33,37). The molecule has 0 bridgehead atoms. The van der Waals surface area contributed by atoms with Gasteiger partial charge in [-0.3, -0.25) is 9.36 Å². The van der Waals surface area contributed by atoms with E-state index >= 15 is 0 Å². The predicted molar refractivity (Wildman–Crippen MR) is 161 cm³/mol. The molecule has 7 nitrogen and oxygen atoms in total. The number of carbonyl (C=O) groups excluding carboxylic acids is 1. The fraction of sp³-hybridized carbons (Fsp3) is 0.219. The molecule has 4 aromatic carbocycles. The third-order valence-corrected chi connectivity index (χ3v) is 7.66. The van der Waals surface area contributed by atoms with E-state index in [0.29, 0.717) is 11.0 Å². The monoisotopic (exact) mass is 552 g/mol. The Morgan fingerprint density at radius 2 is 1.57 bits per heavy atom. The predicted octanol–water partition coefficient (Wildman–Crippen LogP) is 6.86. The van der Waals surface area contributed by atoms with Gasteiger partial charge in [-0.1, -0.05) is 80.2 Å². The number of carbonyl (C=O) groups is 1. The van der Waals surface area contributed by atoms with Crippen molar-refractivity contribution in [1.29, 1.82) is 0 Å². The Labute approximate surface area is 238 Å². The van der Waals surface area contributed by atoms with Crippen molar-refractivity contribution in [2.45, 2.75) is 38.5 Å². The molecule has 0 saturated carbocycles. The average Bonchev–Trinajstić information content (AvgIpc) is 3.41. The van der Waals surface area contributed by atoms with Crippen LogP contribution in [0.1, 0.15) is 30.8 Å². The summed E-state index contributed by atoms with van der Waals surface area (Å²) in [6.07, 6.45) is 1.70. The summed E-state index contributed by atoms with van der Waals surface area (Å²) in [5.74, 6) is 2.27. The molecule has 8 heteroatoms. The van der Waals surface area contributed by atoms with Crippen molar-refractivity contribution in [2.24, 2.45) is 0 Å². The summed E-state index contributed by atoms with van der Waals surface area (Å²) < 4.78 is 13.5. The molecule has 0 fully saturated rings. The molecule has 40 heavy (non-hydrogen) atoms. The second kappa shape index (κ2) is 12.7. The van der Waals surface area contributed by atoms with Gasteiger partial charge in [0.15, 0.2) is 11.0 Å². The zero-order valence-corrected chi connectivity index (χ0v) is 23.7. The Hall–Kier alpha value is -4.30. The van der Waals surface area contributed by atoms with Gasteiger partial charge in [-0.2, -0.15) is 0 Å². The summed E-state index contributed by atoms with van der Waals surface area (Å²) >= 11 is 1.34. The van der Waals surface area contributed by atoms with Crippen molar-refractivity contribution < 1.29 is 14.3 Å². The molecule has 0 aliphatic carbocycles. The number of nitrogens with one attached hydrogen (secondary N) is 1. The van der Waals surface area contributed by atoms with Crippen LogP contribution in [0, 0.1) is 0 Å². The number of fused-ring (bicyclic) bond motifs is 1. The van der Waals surface area contributed by atoms with E-state index in [-0.39, 0.29) is 18.3 Å². The largest absolute Gasteiger partial charge is 0.497 e. The highest BCUT2D eigenvalue weighted by atomic mass is 32.2. The minimum Gasteiger partial charge on any atom is -0.497 e. The number of anilines is 1. The van der Waals surface area contributed by atoms with E-state index in [1.165, 1.54) is 11.8 Å². The molecule has 0 atom stereocenters. The highest BCUT2D eigenvalue weighted by Crippen LogP contribution is 2.29. The van der Waals surface area contributed by atoms with E-state index in [4.69, 9.17) is 9.47 Å². The zero-order chi connectivity index (χ0) is 27.9. The summed E-state index contributed by atoms with van der Waals surface area (Å²) in [6.45, 7) is 4.40. The van der Waals surface area contributed by atoms with Gasteiger partial charge < -0.3 is 14.8 Å². The normalized spacial score (nSPS) is 11.0. The van der Waals surface area contributed by atoms with Crippen molar-refractivity contribution in [2.75, 3.05) is 18.2 Å². The lowest BCUT2D eigenvalue weighted by atomic mass is 10.0. The van der Waals surface area contributed by atoms with Gasteiger partial charge in [0.2, 0.25) is 5.91 Å². The van der Waals surface area contributed by atoms with Gasteiger partial charge in [-0.25, -0.2) is 0 Å². The number of para-hydroxylation sites is 1. The Morgan fingerprint density at radius 1 is 0.875 bits per heavy atom. The molecule has 5 rings (SSSR count). The Kier molecular flexibility index (Phi) is 8.66. The Balaban J connectivity index is 1.38. The number of aromatic nitrogens is 3. The first-order chi connectivity index (χ1) is 19.6. The maximum absolute atomic E-state index is 13.1. The minimum absolute atomic E-state index is 0.0848. The first-order valence-corrected chi connectivity index (χ1v) is 14.3. The van der Waals surface area contributed by atoms with E-state index in [0.717, 1.165) is 57.6 Å². The molecule has 1 N–H and O–H groups in total. The molecule has 0 aliphatic heterocycles. The van der Waals surface area contributed by atoms with Crippen LogP contribution in [-0.4, -0.2) is 33.5 Å². The van der Waals surface area contributed by atoms with Crippen molar-refractivity contribution in [3.05, 3.63) is 102 Å². The highest BCUT2D eigenvalue weighted by molar-refractivity contribution is 7.99. The van der Waals surface area contributed by atoms with E-state index in [1.54, 1.807) is 7.11 Å². The molecule has 1 heterocycles. The van der Waals surface area contributed by atoms with Crippen molar-refractivity contribution in [3.8, 4) is 17.2 Å². The molecule has 5 aromatic rings. The Morgan fingerprint density at radius 3 is 2.30 bits per heavy atom. The summed E-state index contributed by atoms with van der Waals surface area (Å²) in [5.41, 5.74) is 4.03. The summed E-state index contributed by atoms with van der Waals surface area (Å²) in [4.78, 5) is 13.1. The number of aryl methyl sites for hydroxylation is 2. The quantitative estimate of drug-likeness (QED) is 0.180. The molecule has 0 radical (unpaired) electrons. The second-order valence-electron chi connectivity index (χ2n) is 9.19. The lowest BCUT2D eigenvalue weighted by Crippen LogP contribution is -2.17. The molecule has 1 amide bonds. The van der Waals surface area contributed by atoms with Crippen LogP contribution in [0.3, 0.4) is 0 Å². The maximum Gasteiger partial charge on any atom is 0.234 e. The average molecular weight is 553 g/mol. The lowest BCUT2D eigenvalue weighted by molar-refractivity contribution is -0.113. The highest BCUT2D eigenvalue weighted by Gasteiger charge is 2.18. The number of rotatable bonds is 11. The van der Waals surface area contributed by atoms with Gasteiger partial charge >= 0.3 is 0 Å². The van der Waals surface area contributed by atoms with Gasteiger partial charge in [0, 0.05) is 16.8 Å². The van der Waals surface area contributed by atoms with Gasteiger partial charge in [0.05, 0.1) is 12.9 Å². The second-order valence-corrected chi connectivity index (χ2v) is 10.1. The molecular weight excluding hydrogens is 520 g/mol. The van der Waals surface area contributed by atoms with Gasteiger partial charge in [-0.15, -0.1) is 10.2 Å². The number of ether oxygens (including phenoxy) is 2. The molecule has 0 unspecified atom stereocenters. The van der Waals surface area contributed by atoms with E-state index in [9.17, 15) is 4.79 Å². The van der Waals surface area contributed by atoms with Crippen LogP contribution < -0.4 is 14.8 Å². The van der Waals surface area contributed by atoms with Crippen molar-refractivity contribution in [1.82, 2.24) is 14.8 Å². The van der Waals surface area contributed by atoms with Crippen LogP contribution in [0.4, 0.5) is 5.69 Å². The van der Waals surface area contributed by atoms with E-state index in [2.05, 4.69) is 53.6 Å². The van der Waals surface area contributed by atoms with Crippen molar-refractivity contribution in [3.63, 3.8) is 0 Å². The topological polar surface area (TPSA) is 78.3 Å². The van der Waals surface area contributed by atoms with Crippen LogP contribution in [0.15, 0.2) is 90.1 Å². The molecule has 204 valence electrons. The minimum atomic E-state index is -0.0848. The number of methoxy groups -OCH3 is 1. The van der Waals surface area contributed by atoms with Crippen LogP contribution in [-0.2, 0) is 24.2 Å². The smallest absolute Gasteiger partial charge is 0.234 e. The SMILES string of the molecule is CCc1cccc(CC)c1NC(=O)CSc1nnc(COc2cccc3ccccc23)n1-c1ccc(OC)cc1. The lowest BCUT2D eigenvalue weighted by Gasteiger charge is -2.15. The molecule has 1 aromatic heterocycles. The number of hydrogen-bond donors (Lipinski definition) is 1. The molecular formula is C32H32N4O3S. The van der Waals surface area contributed by atoms with Crippen LogP contribution in [0.25, 0.3) is 16.5 Å². The first kappa shape index (κ1) is 27.3. The fourth-order valence-corrected chi connectivity index (χ4v) is 5.42. The summed E-state index contributed by atoms with van der Waals surface area (Å²) in [5, 5.41) is 14.8.